The quantitative estimate of drug-likeness (QED) is 0.344. The molecule has 4 heterocycles. The highest BCUT2D eigenvalue weighted by Crippen LogP contribution is 2.29. The summed E-state index contributed by atoms with van der Waals surface area (Å²) in [6.45, 7) is 4.58. The molecule has 10 heteroatoms. The van der Waals surface area contributed by atoms with E-state index in [-0.39, 0.29) is 16.9 Å². The molecule has 4 aromatic heterocycles. The lowest BCUT2D eigenvalue weighted by molar-refractivity contribution is 0.0941. The Kier molecular flexibility index (Phi) is 5.91. The largest absolute Gasteiger partial charge is 0.381 e. The van der Waals surface area contributed by atoms with Crippen molar-refractivity contribution in [2.75, 3.05) is 5.73 Å². The first kappa shape index (κ1) is 24.1. The monoisotopic (exact) mass is 518 g/mol. The van der Waals surface area contributed by atoms with Gasteiger partial charge in [0.15, 0.2) is 11.5 Å². The molecule has 6 aromatic rings. The average molecular weight is 519 g/mol. The number of hydrogen-bond acceptors (Lipinski definition) is 6. The third-order valence-corrected chi connectivity index (χ3v) is 6.80. The van der Waals surface area contributed by atoms with Gasteiger partial charge in [0.05, 0.1) is 17.6 Å². The summed E-state index contributed by atoms with van der Waals surface area (Å²) < 4.78 is 4.95. The first-order chi connectivity index (χ1) is 19.0. The maximum atomic E-state index is 14.2. The van der Waals surface area contributed by atoms with E-state index in [1.54, 1.807) is 29.2 Å². The number of nitrogens with one attached hydrogen (secondary N) is 1. The highest BCUT2D eigenvalue weighted by atomic mass is 16.2. The van der Waals surface area contributed by atoms with Crippen molar-refractivity contribution in [3.05, 3.63) is 107 Å². The number of benzene rings is 2. The molecule has 0 aliphatic heterocycles. The van der Waals surface area contributed by atoms with Crippen molar-refractivity contribution in [1.29, 1.82) is 0 Å². The lowest BCUT2D eigenvalue weighted by atomic mass is 9.99. The maximum absolute atomic E-state index is 14.2. The number of hydrogen-bond donors (Lipinski definition) is 2. The molecule has 39 heavy (non-hydrogen) atoms. The Labute approximate surface area is 223 Å². The molecule has 0 spiro atoms. The van der Waals surface area contributed by atoms with Gasteiger partial charge in [-0.15, -0.1) is 5.10 Å². The Morgan fingerprint density at radius 2 is 1.92 bits per heavy atom. The SMILES string of the molecule is CCn1cc(-c2cccc3cc(C(C)NC(=O)c4c(N)nn5cccnc45)n(-c4ccccc4)c(=O)c23)cn1. The van der Waals surface area contributed by atoms with Crippen molar-refractivity contribution in [1.82, 2.24) is 34.3 Å². The van der Waals surface area contributed by atoms with E-state index in [0.29, 0.717) is 22.4 Å². The number of carbonyl (C=O) groups is 1. The van der Waals surface area contributed by atoms with Gasteiger partial charge in [-0.05, 0) is 49.1 Å². The predicted molar refractivity (Wildman–Crippen MR) is 150 cm³/mol. The van der Waals surface area contributed by atoms with E-state index in [1.165, 1.54) is 4.52 Å². The third-order valence-electron chi connectivity index (χ3n) is 6.80. The molecular weight excluding hydrogens is 492 g/mol. The van der Waals surface area contributed by atoms with Gasteiger partial charge in [-0.3, -0.25) is 18.8 Å². The fraction of sp³-hybridized carbons (Fsp3) is 0.138. The Hall–Kier alpha value is -5.25. The van der Waals surface area contributed by atoms with Gasteiger partial charge in [0.1, 0.15) is 5.56 Å². The highest BCUT2D eigenvalue weighted by Gasteiger charge is 2.24. The molecule has 0 fully saturated rings. The van der Waals surface area contributed by atoms with Crippen LogP contribution < -0.4 is 16.6 Å². The summed E-state index contributed by atoms with van der Waals surface area (Å²) in [5.74, 6) is -0.351. The van der Waals surface area contributed by atoms with Gasteiger partial charge in [-0.25, -0.2) is 9.50 Å². The minimum atomic E-state index is -0.556. The number of carbonyl (C=O) groups excluding carboxylic acids is 1. The van der Waals surface area contributed by atoms with Crippen LogP contribution in [0.4, 0.5) is 5.82 Å². The molecule has 6 rings (SSSR count). The van der Waals surface area contributed by atoms with Crippen LogP contribution >= 0.6 is 0 Å². The van der Waals surface area contributed by atoms with Crippen LogP contribution in [0.5, 0.6) is 0 Å². The second kappa shape index (κ2) is 9.56. The summed E-state index contributed by atoms with van der Waals surface area (Å²) in [5.41, 5.74) is 9.41. The number of rotatable bonds is 6. The van der Waals surface area contributed by atoms with E-state index in [9.17, 15) is 9.59 Å². The Balaban J connectivity index is 1.50. The average Bonchev–Trinajstić information content (AvgIpc) is 3.56. The van der Waals surface area contributed by atoms with Crippen molar-refractivity contribution in [2.45, 2.75) is 26.4 Å². The zero-order valence-electron chi connectivity index (χ0n) is 21.4. The molecule has 3 N–H and O–H groups in total. The summed E-state index contributed by atoms with van der Waals surface area (Å²) in [4.78, 5) is 31.9. The van der Waals surface area contributed by atoms with Crippen molar-refractivity contribution in [2.24, 2.45) is 0 Å². The van der Waals surface area contributed by atoms with Crippen LogP contribution in [-0.4, -0.2) is 34.9 Å². The van der Waals surface area contributed by atoms with Crippen molar-refractivity contribution >= 4 is 28.1 Å². The first-order valence-corrected chi connectivity index (χ1v) is 12.6. The fourth-order valence-corrected chi connectivity index (χ4v) is 4.92. The summed E-state index contributed by atoms with van der Waals surface area (Å²) in [6.07, 6.45) is 6.97. The minimum Gasteiger partial charge on any atom is -0.381 e. The maximum Gasteiger partial charge on any atom is 0.263 e. The summed E-state index contributed by atoms with van der Waals surface area (Å²) in [7, 11) is 0. The van der Waals surface area contributed by atoms with Gasteiger partial charge < -0.3 is 11.1 Å². The molecule has 194 valence electrons. The Bertz CT molecular complexity index is 1900. The van der Waals surface area contributed by atoms with Gasteiger partial charge in [0.2, 0.25) is 0 Å². The lowest BCUT2D eigenvalue weighted by Gasteiger charge is -2.21. The second-order valence-electron chi connectivity index (χ2n) is 9.24. The van der Waals surface area contributed by atoms with Gasteiger partial charge in [0, 0.05) is 42.1 Å². The van der Waals surface area contributed by atoms with Crippen molar-refractivity contribution in [3.8, 4) is 16.8 Å². The standard InChI is InChI=1S/C29H26N8O2/c1-3-35-17-20(16-32-35)22-12-7-9-19-15-23(37(29(39)24(19)22)21-10-5-4-6-11-21)18(2)33-28(38)25-26(30)34-36-14-8-13-31-27(25)36/h4-18H,3H2,1-2H3,(H2,30,34)(H,33,38). The predicted octanol–water partition coefficient (Wildman–Crippen LogP) is 3.99. The van der Waals surface area contributed by atoms with E-state index in [2.05, 4.69) is 20.5 Å². The number of nitrogens with zero attached hydrogens (tertiary/aromatic N) is 6. The minimum absolute atomic E-state index is 0.0784. The van der Waals surface area contributed by atoms with Crippen LogP contribution in [0.3, 0.4) is 0 Å². The molecule has 1 atom stereocenters. The molecule has 10 nitrogen and oxygen atoms in total. The van der Waals surface area contributed by atoms with E-state index in [1.807, 2.05) is 79.3 Å². The van der Waals surface area contributed by atoms with E-state index in [0.717, 1.165) is 23.1 Å². The summed E-state index contributed by atoms with van der Waals surface area (Å²) in [5, 5.41) is 12.9. The van der Waals surface area contributed by atoms with E-state index >= 15 is 0 Å². The molecule has 0 saturated heterocycles. The van der Waals surface area contributed by atoms with E-state index in [4.69, 9.17) is 5.73 Å². The molecule has 0 saturated carbocycles. The molecule has 0 aliphatic carbocycles. The number of fused-ring (bicyclic) bond motifs is 2. The third kappa shape index (κ3) is 4.11. The Morgan fingerprint density at radius 3 is 2.69 bits per heavy atom. The normalized spacial score (nSPS) is 12.2. The number of anilines is 1. The topological polar surface area (TPSA) is 125 Å². The fourth-order valence-electron chi connectivity index (χ4n) is 4.92. The molecular formula is C29H26N8O2. The molecule has 1 amide bonds. The number of amides is 1. The number of aryl methyl sites for hydroxylation is 1. The van der Waals surface area contributed by atoms with Gasteiger partial charge in [-0.2, -0.15) is 5.10 Å². The van der Waals surface area contributed by atoms with Crippen LogP contribution in [-0.2, 0) is 6.54 Å². The van der Waals surface area contributed by atoms with Gasteiger partial charge in [-0.1, -0.05) is 36.4 Å². The number of nitrogens with two attached hydrogens (primary N) is 1. The van der Waals surface area contributed by atoms with Crippen molar-refractivity contribution < 1.29 is 4.79 Å². The zero-order valence-corrected chi connectivity index (χ0v) is 21.4. The van der Waals surface area contributed by atoms with Crippen LogP contribution in [0.1, 0.15) is 35.9 Å². The second-order valence-corrected chi connectivity index (χ2v) is 9.24. The summed E-state index contributed by atoms with van der Waals surface area (Å²) >= 11 is 0. The highest BCUT2D eigenvalue weighted by molar-refractivity contribution is 6.04. The molecule has 0 radical (unpaired) electrons. The van der Waals surface area contributed by atoms with Crippen LogP contribution in [0.2, 0.25) is 0 Å². The van der Waals surface area contributed by atoms with Crippen LogP contribution in [0.25, 0.3) is 33.2 Å². The smallest absolute Gasteiger partial charge is 0.263 e. The first-order valence-electron chi connectivity index (χ1n) is 12.6. The van der Waals surface area contributed by atoms with E-state index < -0.39 is 11.9 Å². The molecule has 1 unspecified atom stereocenters. The molecule has 0 aliphatic rings. The summed E-state index contributed by atoms with van der Waals surface area (Å²) in [6, 6.07) is 18.2. The molecule has 0 bridgehead atoms. The van der Waals surface area contributed by atoms with Gasteiger partial charge >= 0.3 is 0 Å². The van der Waals surface area contributed by atoms with Crippen LogP contribution in [0.15, 0.2) is 90.2 Å². The number of pyridine rings is 1. The zero-order chi connectivity index (χ0) is 27.1. The number of nitrogen functional groups attached to an aromatic ring is 1. The van der Waals surface area contributed by atoms with Gasteiger partial charge in [0.25, 0.3) is 11.5 Å². The Morgan fingerprint density at radius 1 is 1.10 bits per heavy atom. The number of para-hydroxylation sites is 1. The molecule has 2 aromatic carbocycles. The van der Waals surface area contributed by atoms with Crippen molar-refractivity contribution in [3.63, 3.8) is 0 Å². The van der Waals surface area contributed by atoms with Crippen LogP contribution in [0, 0.1) is 0 Å². The lowest BCUT2D eigenvalue weighted by Crippen LogP contribution is -2.32. The number of aromatic nitrogens is 6.